The van der Waals surface area contributed by atoms with E-state index in [1.165, 1.54) is 13.0 Å². The maximum atomic E-state index is 13.8. The number of rotatable bonds is 4. The second-order valence-electron chi connectivity index (χ2n) is 6.20. The summed E-state index contributed by atoms with van der Waals surface area (Å²) < 4.78 is 32.4. The van der Waals surface area contributed by atoms with E-state index in [2.05, 4.69) is 5.32 Å². The third-order valence-corrected chi connectivity index (χ3v) is 3.94. The predicted octanol–water partition coefficient (Wildman–Crippen LogP) is 2.72. The smallest absolute Gasteiger partial charge is 0.132 e. The monoisotopic (exact) mass is 299 g/mol. The van der Waals surface area contributed by atoms with Crippen LogP contribution in [0.15, 0.2) is 18.2 Å². The standard InChI is InChI=1S/C16H23F2NO2/c1-10-6-13(7-11(2)21-10)19-9-16(3,20)14-5-4-12(17)8-15(14)18/h4-5,8,10-11,13,19-20H,6-7,9H2,1-3H3. The Labute approximate surface area is 124 Å². The molecule has 2 N–H and O–H groups in total. The van der Waals surface area contributed by atoms with Gasteiger partial charge in [-0.15, -0.1) is 0 Å². The number of aliphatic hydroxyl groups is 1. The van der Waals surface area contributed by atoms with E-state index in [1.807, 2.05) is 13.8 Å². The van der Waals surface area contributed by atoms with Crippen LogP contribution in [-0.2, 0) is 10.3 Å². The Hall–Kier alpha value is -1.04. The topological polar surface area (TPSA) is 41.5 Å². The van der Waals surface area contributed by atoms with Crippen LogP contribution >= 0.6 is 0 Å². The van der Waals surface area contributed by atoms with Crippen molar-refractivity contribution in [2.75, 3.05) is 6.54 Å². The molecule has 1 aliphatic rings. The van der Waals surface area contributed by atoms with Crippen LogP contribution in [0.2, 0.25) is 0 Å². The highest BCUT2D eigenvalue weighted by Gasteiger charge is 2.30. The van der Waals surface area contributed by atoms with E-state index in [0.717, 1.165) is 25.0 Å². The molecule has 3 unspecified atom stereocenters. The molecular formula is C16H23F2NO2. The van der Waals surface area contributed by atoms with E-state index in [0.29, 0.717) is 0 Å². The predicted molar refractivity (Wildman–Crippen MR) is 77.0 cm³/mol. The lowest BCUT2D eigenvalue weighted by Crippen LogP contribution is -2.46. The Balaban J connectivity index is 2.00. The number of benzene rings is 1. The maximum Gasteiger partial charge on any atom is 0.132 e. The van der Waals surface area contributed by atoms with Gasteiger partial charge < -0.3 is 15.2 Å². The third kappa shape index (κ3) is 4.22. The highest BCUT2D eigenvalue weighted by Crippen LogP contribution is 2.25. The summed E-state index contributed by atoms with van der Waals surface area (Å²) in [6, 6.07) is 3.47. The fourth-order valence-electron chi connectivity index (χ4n) is 2.94. The molecule has 3 atom stereocenters. The van der Waals surface area contributed by atoms with Gasteiger partial charge in [-0.1, -0.05) is 6.07 Å². The van der Waals surface area contributed by atoms with Crippen molar-refractivity contribution in [3.8, 4) is 0 Å². The molecule has 1 heterocycles. The van der Waals surface area contributed by atoms with Crippen molar-refractivity contribution in [1.29, 1.82) is 0 Å². The second-order valence-corrected chi connectivity index (χ2v) is 6.20. The molecule has 1 fully saturated rings. The minimum Gasteiger partial charge on any atom is -0.384 e. The third-order valence-electron chi connectivity index (χ3n) is 3.94. The van der Waals surface area contributed by atoms with Crippen molar-refractivity contribution in [3.05, 3.63) is 35.4 Å². The van der Waals surface area contributed by atoms with Crippen molar-refractivity contribution < 1.29 is 18.6 Å². The van der Waals surface area contributed by atoms with Gasteiger partial charge in [0.05, 0.1) is 12.2 Å². The zero-order valence-corrected chi connectivity index (χ0v) is 12.7. The molecule has 1 aliphatic heterocycles. The minimum absolute atomic E-state index is 0.101. The minimum atomic E-state index is -1.39. The van der Waals surface area contributed by atoms with Crippen LogP contribution in [0.3, 0.4) is 0 Å². The number of ether oxygens (including phenoxy) is 1. The van der Waals surface area contributed by atoms with Gasteiger partial charge in [-0.05, 0) is 39.7 Å². The fourth-order valence-corrected chi connectivity index (χ4v) is 2.94. The van der Waals surface area contributed by atoms with Crippen molar-refractivity contribution in [2.24, 2.45) is 0 Å². The van der Waals surface area contributed by atoms with E-state index in [4.69, 9.17) is 4.74 Å². The van der Waals surface area contributed by atoms with Crippen molar-refractivity contribution in [1.82, 2.24) is 5.32 Å². The molecule has 0 aromatic heterocycles. The van der Waals surface area contributed by atoms with Gasteiger partial charge in [-0.2, -0.15) is 0 Å². The molecule has 0 aliphatic carbocycles. The van der Waals surface area contributed by atoms with Gasteiger partial charge in [0, 0.05) is 24.2 Å². The molecule has 118 valence electrons. The van der Waals surface area contributed by atoms with E-state index in [1.54, 1.807) is 0 Å². The van der Waals surface area contributed by atoms with Crippen LogP contribution in [0.5, 0.6) is 0 Å². The van der Waals surface area contributed by atoms with Crippen LogP contribution in [0.1, 0.15) is 39.2 Å². The van der Waals surface area contributed by atoms with Crippen LogP contribution in [-0.4, -0.2) is 29.9 Å². The summed E-state index contributed by atoms with van der Waals surface area (Å²) in [6.45, 7) is 5.77. The first kappa shape index (κ1) is 16.3. The van der Waals surface area contributed by atoms with Crippen LogP contribution in [0.25, 0.3) is 0 Å². The number of hydrogen-bond donors (Lipinski definition) is 2. The van der Waals surface area contributed by atoms with Gasteiger partial charge in [0.15, 0.2) is 0 Å². The molecule has 0 bridgehead atoms. The van der Waals surface area contributed by atoms with Crippen molar-refractivity contribution in [3.63, 3.8) is 0 Å². The van der Waals surface area contributed by atoms with E-state index in [9.17, 15) is 13.9 Å². The molecule has 0 radical (unpaired) electrons. The number of hydrogen-bond acceptors (Lipinski definition) is 3. The van der Waals surface area contributed by atoms with E-state index >= 15 is 0 Å². The molecule has 0 spiro atoms. The molecular weight excluding hydrogens is 276 g/mol. The summed E-state index contributed by atoms with van der Waals surface area (Å²) in [5, 5.41) is 13.7. The summed E-state index contributed by atoms with van der Waals surface area (Å²) in [7, 11) is 0. The van der Waals surface area contributed by atoms with Gasteiger partial charge in [-0.3, -0.25) is 0 Å². The number of nitrogens with one attached hydrogen (secondary N) is 1. The van der Waals surface area contributed by atoms with Crippen LogP contribution < -0.4 is 5.32 Å². The van der Waals surface area contributed by atoms with Crippen LogP contribution in [0.4, 0.5) is 8.78 Å². The Morgan fingerprint density at radius 1 is 1.29 bits per heavy atom. The van der Waals surface area contributed by atoms with Gasteiger partial charge >= 0.3 is 0 Å². The molecule has 1 saturated heterocycles. The molecule has 2 rings (SSSR count). The normalized spacial score (nSPS) is 29.1. The van der Waals surface area contributed by atoms with Gasteiger partial charge in [-0.25, -0.2) is 8.78 Å². The summed E-state index contributed by atoms with van der Waals surface area (Å²) in [5.74, 6) is -1.37. The highest BCUT2D eigenvalue weighted by molar-refractivity contribution is 5.24. The lowest BCUT2D eigenvalue weighted by Gasteiger charge is -2.35. The molecule has 3 nitrogen and oxygen atoms in total. The highest BCUT2D eigenvalue weighted by atomic mass is 19.1. The quantitative estimate of drug-likeness (QED) is 0.898. The average Bonchev–Trinajstić information content (AvgIpc) is 2.35. The SMILES string of the molecule is CC1CC(NCC(C)(O)c2ccc(F)cc2F)CC(C)O1. The van der Waals surface area contributed by atoms with Gasteiger partial charge in [0.1, 0.15) is 17.2 Å². The molecule has 0 saturated carbocycles. The Bertz CT molecular complexity index is 483. The lowest BCUT2D eigenvalue weighted by molar-refractivity contribution is -0.0464. The summed E-state index contributed by atoms with van der Waals surface area (Å²) >= 11 is 0. The fraction of sp³-hybridized carbons (Fsp3) is 0.625. The lowest BCUT2D eigenvalue weighted by atomic mass is 9.93. The first-order chi connectivity index (χ1) is 9.78. The molecule has 1 aromatic carbocycles. The van der Waals surface area contributed by atoms with Crippen molar-refractivity contribution >= 4 is 0 Å². The van der Waals surface area contributed by atoms with E-state index < -0.39 is 17.2 Å². The van der Waals surface area contributed by atoms with Crippen LogP contribution in [0, 0.1) is 11.6 Å². The first-order valence-electron chi connectivity index (χ1n) is 7.34. The first-order valence-corrected chi connectivity index (χ1v) is 7.34. The zero-order valence-electron chi connectivity index (χ0n) is 12.7. The largest absolute Gasteiger partial charge is 0.384 e. The second kappa shape index (κ2) is 6.38. The van der Waals surface area contributed by atoms with Gasteiger partial charge in [0.2, 0.25) is 0 Å². The Kier molecular flexibility index (Phi) is 4.96. The zero-order chi connectivity index (χ0) is 15.6. The molecule has 5 heteroatoms. The molecule has 0 amide bonds. The average molecular weight is 299 g/mol. The number of halogens is 2. The summed E-state index contributed by atoms with van der Waals surface area (Å²) in [5.41, 5.74) is -1.28. The maximum absolute atomic E-state index is 13.8. The Morgan fingerprint density at radius 2 is 1.90 bits per heavy atom. The van der Waals surface area contributed by atoms with Crippen molar-refractivity contribution in [2.45, 2.75) is 57.5 Å². The summed E-state index contributed by atoms with van der Waals surface area (Å²) in [6.07, 6.45) is 2.04. The molecule has 1 aromatic rings. The Morgan fingerprint density at radius 3 is 2.48 bits per heavy atom. The van der Waals surface area contributed by atoms with Gasteiger partial charge in [0.25, 0.3) is 0 Å². The van der Waals surface area contributed by atoms with E-state index in [-0.39, 0.29) is 30.4 Å². The molecule has 21 heavy (non-hydrogen) atoms. The summed E-state index contributed by atoms with van der Waals surface area (Å²) in [4.78, 5) is 0.